The summed E-state index contributed by atoms with van der Waals surface area (Å²) in [5, 5.41) is 11.7. The molecule has 0 aliphatic carbocycles. The summed E-state index contributed by atoms with van der Waals surface area (Å²) >= 11 is 0. The van der Waals surface area contributed by atoms with Crippen LogP contribution < -0.4 is 0 Å². The number of ether oxygens (including phenoxy) is 2. The number of aromatic nitrogens is 1. The molecule has 1 saturated heterocycles. The van der Waals surface area contributed by atoms with Crippen molar-refractivity contribution in [1.82, 2.24) is 9.88 Å². The van der Waals surface area contributed by atoms with Gasteiger partial charge in [0.2, 0.25) is 0 Å². The second-order valence-electron chi connectivity index (χ2n) is 7.02. The molecule has 2 aliphatic rings. The van der Waals surface area contributed by atoms with Crippen LogP contribution in [0.2, 0.25) is 0 Å². The molecule has 1 aromatic carbocycles. The molecule has 7 nitrogen and oxygen atoms in total. The number of nitrogens with one attached hydrogen (secondary N) is 1. The summed E-state index contributed by atoms with van der Waals surface area (Å²) in [5.41, 5.74) is 0.0778. The average molecular weight is 374 g/mol. The number of aromatic amines is 1. The van der Waals surface area contributed by atoms with E-state index in [1.165, 1.54) is 19.1 Å². The molecule has 1 aromatic heterocycles. The number of esters is 2. The van der Waals surface area contributed by atoms with Crippen LogP contribution in [0.25, 0.3) is 10.9 Å². The van der Waals surface area contributed by atoms with Gasteiger partial charge >= 0.3 is 17.8 Å². The molecule has 4 rings (SSSR count). The van der Waals surface area contributed by atoms with Crippen molar-refractivity contribution in [2.45, 2.75) is 31.3 Å². The highest BCUT2D eigenvalue weighted by molar-refractivity contribution is 5.93. The molecule has 1 spiro atoms. The highest BCUT2D eigenvalue weighted by atomic mass is 19.1. The van der Waals surface area contributed by atoms with Gasteiger partial charge in [0.1, 0.15) is 5.82 Å². The smallest absolute Gasteiger partial charge is 0.350 e. The maximum absolute atomic E-state index is 13.4. The zero-order chi connectivity index (χ0) is 19.2. The highest BCUT2D eigenvalue weighted by Gasteiger charge is 2.63. The van der Waals surface area contributed by atoms with Gasteiger partial charge in [-0.1, -0.05) is 0 Å². The number of likely N-dealkylation sites (tertiary alicyclic amines) is 1. The van der Waals surface area contributed by atoms with Crippen molar-refractivity contribution in [1.29, 1.82) is 0 Å². The number of hydrogen-bond acceptors (Lipinski definition) is 6. The Morgan fingerprint density at radius 3 is 2.67 bits per heavy atom. The maximum Gasteiger partial charge on any atom is 0.350 e. The Hall–Kier alpha value is -2.71. The molecule has 3 heterocycles. The number of carbonyl (C=O) groups is 2. The highest BCUT2D eigenvalue weighted by Crippen LogP contribution is 2.41. The molecule has 1 unspecified atom stereocenters. The largest absolute Gasteiger partial charge is 0.402 e. The van der Waals surface area contributed by atoms with Crippen LogP contribution in [0.15, 0.2) is 36.5 Å². The molecule has 0 radical (unpaired) electrons. The van der Waals surface area contributed by atoms with Gasteiger partial charge in [-0.15, -0.1) is 0 Å². The minimum atomic E-state index is -1.87. The van der Waals surface area contributed by atoms with Gasteiger partial charge in [0.15, 0.2) is 5.60 Å². The van der Waals surface area contributed by atoms with E-state index < -0.39 is 23.5 Å². The van der Waals surface area contributed by atoms with Crippen molar-refractivity contribution in [3.63, 3.8) is 0 Å². The molecule has 1 fully saturated rings. The zero-order valence-corrected chi connectivity index (χ0v) is 14.7. The van der Waals surface area contributed by atoms with Gasteiger partial charge in [-0.25, -0.2) is 18.9 Å². The third kappa shape index (κ3) is 2.90. The van der Waals surface area contributed by atoms with Crippen LogP contribution >= 0.6 is 0 Å². The first-order valence-electron chi connectivity index (χ1n) is 8.68. The molecule has 8 heteroatoms. The lowest BCUT2D eigenvalue weighted by Gasteiger charge is -2.41. The van der Waals surface area contributed by atoms with Crippen LogP contribution in [-0.2, 0) is 25.5 Å². The second-order valence-corrected chi connectivity index (χ2v) is 7.02. The average Bonchev–Trinajstić information content (AvgIpc) is 3.04. The molecular weight excluding hydrogens is 355 g/mol. The van der Waals surface area contributed by atoms with E-state index in [1.807, 2.05) is 0 Å². The van der Waals surface area contributed by atoms with Gasteiger partial charge in [0.05, 0.1) is 0 Å². The van der Waals surface area contributed by atoms with Gasteiger partial charge in [-0.3, -0.25) is 0 Å². The molecule has 142 valence electrons. The summed E-state index contributed by atoms with van der Waals surface area (Å²) in [7, 11) is 0. The quantitative estimate of drug-likeness (QED) is 0.794. The van der Waals surface area contributed by atoms with Crippen molar-refractivity contribution in [2.24, 2.45) is 0 Å². The number of H-pyrrole nitrogens is 1. The van der Waals surface area contributed by atoms with E-state index in [-0.39, 0.29) is 12.2 Å². The van der Waals surface area contributed by atoms with Crippen molar-refractivity contribution < 1.29 is 28.6 Å². The monoisotopic (exact) mass is 374 g/mol. The first-order valence-corrected chi connectivity index (χ1v) is 8.68. The van der Waals surface area contributed by atoms with E-state index in [0.29, 0.717) is 25.0 Å². The summed E-state index contributed by atoms with van der Waals surface area (Å²) in [5.74, 6) is -3.70. The normalized spacial score (nSPS) is 25.0. The summed E-state index contributed by atoms with van der Waals surface area (Å²) in [6.07, 6.45) is 4.55. The number of halogens is 1. The summed E-state index contributed by atoms with van der Waals surface area (Å²) < 4.78 is 24.1. The first kappa shape index (κ1) is 17.7. The minimum absolute atomic E-state index is 0.270. The molecule has 2 N–H and O–H groups in total. The summed E-state index contributed by atoms with van der Waals surface area (Å²) in [4.78, 5) is 28.6. The van der Waals surface area contributed by atoms with E-state index in [9.17, 15) is 19.1 Å². The standard InChI is InChI=1S/C19H19FN2O5/c1-18(25)7-9-22(19(18)26-16(23)4-5-17(24)27-19)8-6-12-11-21-15-10-13(20)2-3-14(12)15/h2-5,10-11,21,25H,6-9H2,1H3. The topological polar surface area (TPSA) is 91.9 Å². The number of benzene rings is 1. The van der Waals surface area contributed by atoms with Crippen molar-refractivity contribution in [3.8, 4) is 0 Å². The maximum atomic E-state index is 13.4. The first-order chi connectivity index (χ1) is 12.8. The lowest BCUT2D eigenvalue weighted by atomic mass is 10.0. The molecule has 0 amide bonds. The molecule has 0 bridgehead atoms. The third-order valence-electron chi connectivity index (χ3n) is 5.18. The summed E-state index contributed by atoms with van der Waals surface area (Å²) in [6, 6.07) is 4.51. The molecule has 2 aromatic rings. The number of carbonyl (C=O) groups excluding carboxylic acids is 2. The Kier molecular flexibility index (Phi) is 4.05. The summed E-state index contributed by atoms with van der Waals surface area (Å²) in [6.45, 7) is 2.22. The van der Waals surface area contributed by atoms with Gasteiger partial charge < -0.3 is 19.6 Å². The Morgan fingerprint density at radius 2 is 1.96 bits per heavy atom. The fourth-order valence-electron chi connectivity index (χ4n) is 3.72. The minimum Gasteiger partial charge on any atom is -0.402 e. The van der Waals surface area contributed by atoms with Crippen LogP contribution in [0, 0.1) is 5.82 Å². The van der Waals surface area contributed by atoms with Gasteiger partial charge in [0.25, 0.3) is 0 Å². The lowest BCUT2D eigenvalue weighted by Crippen LogP contribution is -2.61. The molecule has 27 heavy (non-hydrogen) atoms. The van der Waals surface area contributed by atoms with E-state index in [2.05, 4.69) is 4.98 Å². The van der Waals surface area contributed by atoms with E-state index >= 15 is 0 Å². The predicted molar refractivity (Wildman–Crippen MR) is 92.8 cm³/mol. The van der Waals surface area contributed by atoms with Gasteiger partial charge in [0, 0.05) is 42.3 Å². The number of fused-ring (bicyclic) bond motifs is 1. The fourth-order valence-corrected chi connectivity index (χ4v) is 3.72. The number of aliphatic hydroxyl groups is 1. The van der Waals surface area contributed by atoms with Crippen molar-refractivity contribution in [2.75, 3.05) is 13.1 Å². The van der Waals surface area contributed by atoms with E-state index in [4.69, 9.17) is 9.47 Å². The second kappa shape index (κ2) is 6.17. The van der Waals surface area contributed by atoms with Gasteiger partial charge in [-0.2, -0.15) is 0 Å². The Bertz CT molecular complexity index is 929. The molecule has 2 aliphatic heterocycles. The predicted octanol–water partition coefficient (Wildman–Crippen LogP) is 1.62. The molecule has 1 atom stereocenters. The molecular formula is C19H19FN2O5. The van der Waals surface area contributed by atoms with E-state index in [0.717, 1.165) is 23.1 Å². The van der Waals surface area contributed by atoms with Crippen LogP contribution in [0.5, 0.6) is 0 Å². The number of nitrogens with zero attached hydrogens (tertiary/aromatic N) is 1. The Balaban J connectivity index is 1.60. The Morgan fingerprint density at radius 1 is 1.26 bits per heavy atom. The van der Waals surface area contributed by atoms with Crippen LogP contribution in [0.1, 0.15) is 18.9 Å². The molecule has 0 saturated carbocycles. The third-order valence-corrected chi connectivity index (χ3v) is 5.18. The van der Waals surface area contributed by atoms with Crippen LogP contribution in [0.3, 0.4) is 0 Å². The van der Waals surface area contributed by atoms with Crippen molar-refractivity contribution >= 4 is 22.8 Å². The Labute approximate surface area is 154 Å². The van der Waals surface area contributed by atoms with Crippen LogP contribution in [-0.4, -0.2) is 51.5 Å². The number of hydrogen-bond donors (Lipinski definition) is 2. The van der Waals surface area contributed by atoms with Gasteiger partial charge in [-0.05, 0) is 43.5 Å². The zero-order valence-electron chi connectivity index (χ0n) is 14.7. The fraction of sp³-hybridized carbons (Fsp3) is 0.368. The van der Waals surface area contributed by atoms with E-state index in [1.54, 1.807) is 17.2 Å². The lowest BCUT2D eigenvalue weighted by molar-refractivity contribution is -0.323. The SMILES string of the molecule is CC1(O)CCN(CCc2c[nH]c3cc(F)ccc23)C12OC(=O)C=CC(=O)O2. The van der Waals surface area contributed by atoms with Crippen LogP contribution in [0.4, 0.5) is 4.39 Å². The van der Waals surface area contributed by atoms with Crippen molar-refractivity contribution in [3.05, 3.63) is 47.9 Å². The number of rotatable bonds is 3.